The highest BCUT2D eigenvalue weighted by Crippen LogP contribution is 2.24. The Balaban J connectivity index is 1.30. The molecule has 0 spiro atoms. The Labute approximate surface area is 195 Å². The van der Waals surface area contributed by atoms with Crippen molar-refractivity contribution in [3.63, 3.8) is 0 Å². The number of aryl methyl sites for hydroxylation is 2. The third-order valence-corrected chi connectivity index (χ3v) is 5.32. The standard InChI is InChI=1S/C25H21N7O2/c1-15-16(2)32(14-27-15)23-12-24(29-17(3)28-23)34-19-10-8-18(9-11-19)30-25(33)22-13-26-20-6-4-5-7-21(20)31-22/h4-14H,1-3H3,(H,30,33). The molecule has 5 aromatic rings. The SMILES string of the molecule is Cc1nc(Oc2ccc(NC(=O)c3cnc4ccccc4n3)cc2)cc(-n2cnc(C)c2C)n1. The van der Waals surface area contributed by atoms with E-state index in [0.29, 0.717) is 34.5 Å². The third kappa shape index (κ3) is 4.31. The van der Waals surface area contributed by atoms with Gasteiger partial charge in [0.25, 0.3) is 5.91 Å². The molecule has 1 amide bonds. The first kappa shape index (κ1) is 21.2. The second-order valence-corrected chi connectivity index (χ2v) is 7.72. The molecule has 9 heteroatoms. The number of para-hydroxylation sites is 2. The Morgan fingerprint density at radius 3 is 2.41 bits per heavy atom. The molecule has 0 unspecified atom stereocenters. The van der Waals surface area contributed by atoms with E-state index in [4.69, 9.17) is 4.74 Å². The van der Waals surface area contributed by atoms with Crippen molar-refractivity contribution in [2.24, 2.45) is 0 Å². The maximum atomic E-state index is 12.6. The van der Waals surface area contributed by atoms with Crippen molar-refractivity contribution >= 4 is 22.6 Å². The zero-order valence-corrected chi connectivity index (χ0v) is 18.9. The van der Waals surface area contributed by atoms with Crippen LogP contribution in [-0.2, 0) is 0 Å². The molecule has 1 N–H and O–H groups in total. The number of nitrogens with one attached hydrogen (secondary N) is 1. The normalized spacial score (nSPS) is 10.9. The summed E-state index contributed by atoms with van der Waals surface area (Å²) in [5, 5.41) is 2.83. The van der Waals surface area contributed by atoms with E-state index < -0.39 is 0 Å². The van der Waals surface area contributed by atoms with E-state index in [9.17, 15) is 4.79 Å². The van der Waals surface area contributed by atoms with Gasteiger partial charge in [0.1, 0.15) is 29.4 Å². The van der Waals surface area contributed by atoms with Crippen molar-refractivity contribution in [1.29, 1.82) is 0 Å². The van der Waals surface area contributed by atoms with Crippen LogP contribution in [0.4, 0.5) is 5.69 Å². The van der Waals surface area contributed by atoms with Gasteiger partial charge in [-0.1, -0.05) is 12.1 Å². The fraction of sp³-hybridized carbons (Fsp3) is 0.120. The first-order valence-electron chi connectivity index (χ1n) is 10.6. The molecule has 3 aromatic heterocycles. The topological polar surface area (TPSA) is 108 Å². The van der Waals surface area contributed by atoms with Crippen LogP contribution in [0.15, 0.2) is 67.1 Å². The van der Waals surface area contributed by atoms with Gasteiger partial charge in [-0.05, 0) is 57.2 Å². The van der Waals surface area contributed by atoms with Gasteiger partial charge in [0.2, 0.25) is 5.88 Å². The second kappa shape index (κ2) is 8.70. The molecule has 0 atom stereocenters. The number of anilines is 1. The lowest BCUT2D eigenvalue weighted by Crippen LogP contribution is -2.14. The van der Waals surface area contributed by atoms with Gasteiger partial charge in [0.15, 0.2) is 0 Å². The van der Waals surface area contributed by atoms with Crippen LogP contribution >= 0.6 is 0 Å². The summed E-state index contributed by atoms with van der Waals surface area (Å²) in [6, 6.07) is 16.2. The molecule has 0 fully saturated rings. The summed E-state index contributed by atoms with van der Waals surface area (Å²) in [4.78, 5) is 34.5. The van der Waals surface area contributed by atoms with Crippen LogP contribution in [0.25, 0.3) is 16.9 Å². The molecular weight excluding hydrogens is 430 g/mol. The number of carbonyl (C=O) groups excluding carboxylic acids is 1. The molecular formula is C25H21N7O2. The van der Waals surface area contributed by atoms with E-state index in [1.165, 1.54) is 6.20 Å². The van der Waals surface area contributed by atoms with Crippen LogP contribution in [0.2, 0.25) is 0 Å². The van der Waals surface area contributed by atoms with Gasteiger partial charge >= 0.3 is 0 Å². The third-order valence-electron chi connectivity index (χ3n) is 5.32. The maximum Gasteiger partial charge on any atom is 0.275 e. The van der Waals surface area contributed by atoms with Crippen LogP contribution in [0, 0.1) is 20.8 Å². The predicted octanol–water partition coefficient (Wildman–Crippen LogP) is 4.58. The number of ether oxygens (including phenoxy) is 1. The zero-order valence-electron chi connectivity index (χ0n) is 18.9. The van der Waals surface area contributed by atoms with Gasteiger partial charge in [0, 0.05) is 17.4 Å². The molecule has 34 heavy (non-hydrogen) atoms. The Kier molecular flexibility index (Phi) is 5.43. The molecule has 2 aromatic carbocycles. The second-order valence-electron chi connectivity index (χ2n) is 7.72. The molecule has 5 rings (SSSR count). The average molecular weight is 451 g/mol. The van der Waals surface area contributed by atoms with Crippen molar-refractivity contribution < 1.29 is 9.53 Å². The molecule has 0 saturated carbocycles. The van der Waals surface area contributed by atoms with Crippen molar-refractivity contribution in [2.45, 2.75) is 20.8 Å². The minimum atomic E-state index is -0.339. The van der Waals surface area contributed by atoms with Gasteiger partial charge in [0.05, 0.1) is 22.9 Å². The summed E-state index contributed by atoms with van der Waals surface area (Å²) in [7, 11) is 0. The molecule has 0 bridgehead atoms. The molecule has 0 aliphatic carbocycles. The molecule has 0 radical (unpaired) electrons. The first-order chi connectivity index (χ1) is 16.5. The quantitative estimate of drug-likeness (QED) is 0.417. The lowest BCUT2D eigenvalue weighted by atomic mass is 10.2. The van der Waals surface area contributed by atoms with E-state index in [2.05, 4.69) is 30.2 Å². The molecule has 168 valence electrons. The Morgan fingerprint density at radius 2 is 1.68 bits per heavy atom. The highest BCUT2D eigenvalue weighted by molar-refractivity contribution is 6.03. The van der Waals surface area contributed by atoms with Gasteiger partial charge < -0.3 is 10.1 Å². The molecule has 0 aliphatic heterocycles. The molecule has 3 heterocycles. The number of imidazole rings is 1. The van der Waals surface area contributed by atoms with Gasteiger partial charge in [-0.15, -0.1) is 0 Å². The monoisotopic (exact) mass is 451 g/mol. The minimum absolute atomic E-state index is 0.244. The lowest BCUT2D eigenvalue weighted by molar-refractivity contribution is 0.102. The predicted molar refractivity (Wildman–Crippen MR) is 127 cm³/mol. The minimum Gasteiger partial charge on any atom is -0.439 e. The smallest absolute Gasteiger partial charge is 0.275 e. The Bertz CT molecular complexity index is 1510. The summed E-state index contributed by atoms with van der Waals surface area (Å²) < 4.78 is 7.83. The van der Waals surface area contributed by atoms with Crippen LogP contribution in [0.3, 0.4) is 0 Å². The number of nitrogens with zero attached hydrogens (tertiary/aromatic N) is 6. The highest BCUT2D eigenvalue weighted by Gasteiger charge is 2.12. The van der Waals surface area contributed by atoms with Crippen LogP contribution in [0.5, 0.6) is 11.6 Å². The van der Waals surface area contributed by atoms with Crippen LogP contribution < -0.4 is 10.1 Å². The first-order valence-corrected chi connectivity index (χ1v) is 10.6. The van der Waals surface area contributed by atoms with Gasteiger partial charge in [-0.2, -0.15) is 4.98 Å². The van der Waals surface area contributed by atoms with E-state index in [0.717, 1.165) is 16.9 Å². The summed E-state index contributed by atoms with van der Waals surface area (Å²) in [5.41, 5.74) is 4.19. The number of hydrogen-bond acceptors (Lipinski definition) is 7. The number of amides is 1. The molecule has 0 saturated heterocycles. The fourth-order valence-corrected chi connectivity index (χ4v) is 3.42. The highest BCUT2D eigenvalue weighted by atomic mass is 16.5. The molecule has 9 nitrogen and oxygen atoms in total. The summed E-state index contributed by atoms with van der Waals surface area (Å²) >= 11 is 0. The Morgan fingerprint density at radius 1 is 0.912 bits per heavy atom. The van der Waals surface area contributed by atoms with Crippen molar-refractivity contribution in [3.8, 4) is 17.4 Å². The van der Waals surface area contributed by atoms with Crippen LogP contribution in [-0.4, -0.2) is 35.4 Å². The van der Waals surface area contributed by atoms with Gasteiger partial charge in [-0.3, -0.25) is 14.3 Å². The van der Waals surface area contributed by atoms with E-state index in [1.807, 2.05) is 49.6 Å². The summed E-state index contributed by atoms with van der Waals surface area (Å²) in [6.45, 7) is 5.74. The fourth-order valence-electron chi connectivity index (χ4n) is 3.42. The van der Waals surface area contributed by atoms with Crippen LogP contribution in [0.1, 0.15) is 27.7 Å². The van der Waals surface area contributed by atoms with E-state index in [1.54, 1.807) is 36.7 Å². The summed E-state index contributed by atoms with van der Waals surface area (Å²) in [5.74, 6) is 1.91. The Hall–Kier alpha value is -4.66. The van der Waals surface area contributed by atoms with Crippen molar-refractivity contribution in [3.05, 3.63) is 90.0 Å². The number of benzene rings is 2. The number of aromatic nitrogens is 6. The number of hydrogen-bond donors (Lipinski definition) is 1. The number of carbonyl (C=O) groups is 1. The number of fused-ring (bicyclic) bond motifs is 1. The lowest BCUT2D eigenvalue weighted by Gasteiger charge is -2.10. The van der Waals surface area contributed by atoms with E-state index >= 15 is 0 Å². The zero-order chi connectivity index (χ0) is 23.7. The average Bonchev–Trinajstić information content (AvgIpc) is 3.17. The number of rotatable bonds is 5. The summed E-state index contributed by atoms with van der Waals surface area (Å²) in [6.07, 6.45) is 3.20. The van der Waals surface area contributed by atoms with Crippen molar-refractivity contribution in [2.75, 3.05) is 5.32 Å². The molecule has 0 aliphatic rings. The van der Waals surface area contributed by atoms with Crippen molar-refractivity contribution in [1.82, 2.24) is 29.5 Å². The maximum absolute atomic E-state index is 12.6. The van der Waals surface area contributed by atoms with E-state index in [-0.39, 0.29) is 11.6 Å². The van der Waals surface area contributed by atoms with Gasteiger partial charge in [-0.25, -0.2) is 15.0 Å². The largest absolute Gasteiger partial charge is 0.439 e.